The molecule has 0 aliphatic carbocycles. The second-order valence-electron chi connectivity index (χ2n) is 2.45. The maximum atomic E-state index is 11.5. The van der Waals surface area contributed by atoms with Crippen LogP contribution >= 0.6 is 23.2 Å². The van der Waals surface area contributed by atoms with Crippen LogP contribution in [0, 0.1) is 11.3 Å². The van der Waals surface area contributed by atoms with Gasteiger partial charge in [0, 0.05) is 5.02 Å². The molecule has 74 valence electrons. The molecule has 1 rings (SSSR count). The van der Waals surface area contributed by atoms with E-state index in [1.54, 1.807) is 0 Å². The average Bonchev–Trinajstić information content (AvgIpc) is 2.16. The van der Waals surface area contributed by atoms with Gasteiger partial charge in [-0.25, -0.2) is 8.42 Å². The van der Waals surface area contributed by atoms with Crippen LogP contribution in [0.25, 0.3) is 0 Å². The Morgan fingerprint density at radius 2 is 2.07 bits per heavy atom. The maximum absolute atomic E-state index is 11.5. The number of benzene rings is 1. The molecule has 0 fully saturated rings. The summed E-state index contributed by atoms with van der Waals surface area (Å²) in [6, 6.07) is 7.07. The highest BCUT2D eigenvalue weighted by atomic mass is 35.5. The van der Waals surface area contributed by atoms with Crippen molar-refractivity contribution in [1.82, 2.24) is 0 Å². The van der Waals surface area contributed by atoms with Crippen molar-refractivity contribution in [3.63, 3.8) is 0 Å². The van der Waals surface area contributed by atoms with E-state index in [1.807, 2.05) is 0 Å². The molecule has 0 saturated heterocycles. The first-order valence-corrected chi connectivity index (χ1v) is 5.87. The van der Waals surface area contributed by atoms with Crippen molar-refractivity contribution in [2.45, 2.75) is 9.60 Å². The van der Waals surface area contributed by atoms with E-state index in [-0.39, 0.29) is 9.92 Å². The normalized spacial score (nSPS) is 13.2. The van der Waals surface area contributed by atoms with Crippen molar-refractivity contribution in [3.8, 4) is 6.07 Å². The highest BCUT2D eigenvalue weighted by Crippen LogP contribution is 2.21. The van der Waals surface area contributed by atoms with Crippen LogP contribution in [0.3, 0.4) is 0 Å². The molecule has 0 aliphatic rings. The summed E-state index contributed by atoms with van der Waals surface area (Å²) in [4.78, 5) is -0.0495. The molecule has 1 aromatic carbocycles. The van der Waals surface area contributed by atoms with Gasteiger partial charge in [0.2, 0.25) is 14.5 Å². The smallest absolute Gasteiger partial charge is 0.221 e. The van der Waals surface area contributed by atoms with Gasteiger partial charge in [-0.3, -0.25) is 0 Å². The molecule has 1 unspecified atom stereocenters. The molecule has 0 N–H and O–H groups in total. The highest BCUT2D eigenvalue weighted by molar-refractivity contribution is 7.93. The van der Waals surface area contributed by atoms with E-state index in [9.17, 15) is 8.42 Å². The highest BCUT2D eigenvalue weighted by Gasteiger charge is 2.24. The minimum atomic E-state index is -3.79. The monoisotopic (exact) mass is 249 g/mol. The molecule has 0 aromatic heterocycles. The van der Waals surface area contributed by atoms with E-state index in [2.05, 4.69) is 0 Å². The zero-order chi connectivity index (χ0) is 10.8. The molecular formula is C8H5Cl2NO2S. The summed E-state index contributed by atoms with van der Waals surface area (Å²) in [7, 11) is -3.79. The van der Waals surface area contributed by atoms with Crippen LogP contribution in [0.2, 0.25) is 5.02 Å². The summed E-state index contributed by atoms with van der Waals surface area (Å²) in [6.45, 7) is 0. The van der Waals surface area contributed by atoms with Gasteiger partial charge in [-0.1, -0.05) is 29.3 Å². The van der Waals surface area contributed by atoms with Crippen LogP contribution in [-0.4, -0.2) is 13.1 Å². The number of rotatable bonds is 2. The van der Waals surface area contributed by atoms with Crippen LogP contribution in [0.4, 0.5) is 0 Å². The summed E-state index contributed by atoms with van der Waals surface area (Å²) < 4.78 is 21.4. The Hall–Kier alpha value is -0.760. The summed E-state index contributed by atoms with van der Waals surface area (Å²) in [6.07, 6.45) is 0. The third kappa shape index (κ3) is 2.18. The average molecular weight is 250 g/mol. The molecular weight excluding hydrogens is 245 g/mol. The van der Waals surface area contributed by atoms with E-state index in [0.717, 1.165) is 0 Å². The Kier molecular flexibility index (Phi) is 3.38. The Balaban J connectivity index is 3.26. The van der Waals surface area contributed by atoms with Crippen LogP contribution in [0.1, 0.15) is 0 Å². The summed E-state index contributed by atoms with van der Waals surface area (Å²) in [5.74, 6) is 0. The van der Waals surface area contributed by atoms with Gasteiger partial charge >= 0.3 is 0 Å². The summed E-state index contributed by atoms with van der Waals surface area (Å²) in [5.41, 5.74) is 0. The van der Waals surface area contributed by atoms with E-state index >= 15 is 0 Å². The lowest BCUT2D eigenvalue weighted by Crippen LogP contribution is -2.13. The topological polar surface area (TPSA) is 57.9 Å². The molecule has 3 nitrogen and oxygen atoms in total. The number of nitriles is 1. The lowest BCUT2D eigenvalue weighted by molar-refractivity contribution is 0.597. The Morgan fingerprint density at radius 1 is 1.43 bits per heavy atom. The Morgan fingerprint density at radius 3 is 2.57 bits per heavy atom. The minimum Gasteiger partial charge on any atom is -0.221 e. The van der Waals surface area contributed by atoms with Gasteiger partial charge in [0.25, 0.3) is 0 Å². The van der Waals surface area contributed by atoms with Gasteiger partial charge in [0.05, 0.1) is 11.0 Å². The number of halogens is 2. The van der Waals surface area contributed by atoms with Crippen LogP contribution in [0.15, 0.2) is 29.2 Å². The molecule has 0 bridgehead atoms. The van der Waals surface area contributed by atoms with E-state index < -0.39 is 14.5 Å². The lowest BCUT2D eigenvalue weighted by atomic mass is 10.4. The van der Waals surface area contributed by atoms with E-state index in [1.165, 1.54) is 30.3 Å². The fourth-order valence-corrected chi connectivity index (χ4v) is 2.33. The SMILES string of the molecule is N#CC(Cl)S(=O)(=O)c1cccc(Cl)c1. The van der Waals surface area contributed by atoms with Gasteiger partial charge in [-0.05, 0) is 18.2 Å². The maximum Gasteiger partial charge on any atom is 0.225 e. The lowest BCUT2D eigenvalue weighted by Gasteiger charge is -2.03. The summed E-state index contributed by atoms with van der Waals surface area (Å²) in [5, 5.41) is 8.69. The molecule has 0 saturated carbocycles. The van der Waals surface area contributed by atoms with Gasteiger partial charge < -0.3 is 0 Å². The van der Waals surface area contributed by atoms with E-state index in [0.29, 0.717) is 0 Å². The molecule has 0 heterocycles. The third-order valence-corrected chi connectivity index (χ3v) is 4.10. The van der Waals surface area contributed by atoms with Crippen LogP contribution < -0.4 is 0 Å². The zero-order valence-corrected chi connectivity index (χ0v) is 9.14. The molecule has 6 heteroatoms. The number of alkyl halides is 1. The van der Waals surface area contributed by atoms with Crippen molar-refractivity contribution in [2.75, 3.05) is 0 Å². The molecule has 0 amide bonds. The second-order valence-corrected chi connectivity index (χ2v) is 5.61. The molecule has 0 aliphatic heterocycles. The van der Waals surface area contributed by atoms with Crippen LogP contribution in [-0.2, 0) is 9.84 Å². The largest absolute Gasteiger partial charge is 0.225 e. The fraction of sp³-hybridized carbons (Fsp3) is 0.125. The van der Waals surface area contributed by atoms with Crippen molar-refractivity contribution in [3.05, 3.63) is 29.3 Å². The van der Waals surface area contributed by atoms with Gasteiger partial charge in [0.15, 0.2) is 0 Å². The predicted octanol–water partition coefficient (Wildman–Crippen LogP) is 2.20. The molecule has 1 aromatic rings. The second kappa shape index (κ2) is 4.18. The zero-order valence-electron chi connectivity index (χ0n) is 6.81. The van der Waals surface area contributed by atoms with Gasteiger partial charge in [-0.15, -0.1) is 0 Å². The van der Waals surface area contributed by atoms with Crippen molar-refractivity contribution >= 4 is 33.0 Å². The minimum absolute atomic E-state index is 0.0495. The quantitative estimate of drug-likeness (QED) is 0.756. The number of hydrogen-bond acceptors (Lipinski definition) is 3. The predicted molar refractivity (Wildman–Crippen MR) is 53.9 cm³/mol. The third-order valence-electron chi connectivity index (χ3n) is 1.50. The van der Waals surface area contributed by atoms with Crippen molar-refractivity contribution < 1.29 is 8.42 Å². The number of hydrogen-bond donors (Lipinski definition) is 0. The van der Waals surface area contributed by atoms with Gasteiger partial charge in [-0.2, -0.15) is 5.26 Å². The Bertz CT molecular complexity index is 478. The molecule has 0 radical (unpaired) electrons. The Labute approximate surface area is 91.8 Å². The first-order chi connectivity index (χ1) is 6.48. The van der Waals surface area contributed by atoms with Crippen LogP contribution in [0.5, 0.6) is 0 Å². The fourth-order valence-electron chi connectivity index (χ4n) is 0.833. The number of nitrogens with zero attached hydrogens (tertiary/aromatic N) is 1. The van der Waals surface area contributed by atoms with Gasteiger partial charge in [0.1, 0.15) is 0 Å². The standard InChI is InChI=1S/C8H5Cl2NO2S/c9-6-2-1-3-7(4-6)14(12,13)8(10)5-11/h1-4,8H. The van der Waals surface area contributed by atoms with Crippen molar-refractivity contribution in [2.24, 2.45) is 0 Å². The summed E-state index contributed by atoms with van der Waals surface area (Å²) >= 11 is 11.0. The van der Waals surface area contributed by atoms with E-state index in [4.69, 9.17) is 28.5 Å². The van der Waals surface area contributed by atoms with Crippen molar-refractivity contribution in [1.29, 1.82) is 5.26 Å². The number of sulfone groups is 1. The molecule has 1 atom stereocenters. The first-order valence-electron chi connectivity index (χ1n) is 3.51. The molecule has 0 spiro atoms. The molecule has 14 heavy (non-hydrogen) atoms. The first kappa shape index (κ1) is 11.3.